The minimum atomic E-state index is -0.112. The van der Waals surface area contributed by atoms with Crippen molar-refractivity contribution in [2.75, 3.05) is 0 Å². The molecule has 6 heteroatoms. The van der Waals surface area contributed by atoms with Gasteiger partial charge in [-0.3, -0.25) is 4.79 Å². The largest absolute Gasteiger partial charge is 0.351 e. The van der Waals surface area contributed by atoms with Crippen LogP contribution in [0.4, 0.5) is 0 Å². The van der Waals surface area contributed by atoms with Gasteiger partial charge in [-0.15, -0.1) is 0 Å². The minimum Gasteiger partial charge on any atom is -0.351 e. The first-order chi connectivity index (χ1) is 13.1. The lowest BCUT2D eigenvalue weighted by atomic mass is 10.1. The molecule has 0 unspecified atom stereocenters. The van der Waals surface area contributed by atoms with Crippen molar-refractivity contribution in [3.63, 3.8) is 0 Å². The fourth-order valence-corrected chi connectivity index (χ4v) is 3.37. The molecular formula is C21H21N5O. The maximum Gasteiger partial charge on any atom is 0.267 e. The first-order valence-electron chi connectivity index (χ1n) is 8.87. The highest BCUT2D eigenvalue weighted by Gasteiger charge is 2.12. The first kappa shape index (κ1) is 17.0. The van der Waals surface area contributed by atoms with Gasteiger partial charge in [-0.25, -0.2) is 9.67 Å². The zero-order valence-corrected chi connectivity index (χ0v) is 15.4. The highest BCUT2D eigenvalue weighted by molar-refractivity contribution is 5.98. The number of carbonyl (C=O) groups is 1. The summed E-state index contributed by atoms with van der Waals surface area (Å²) in [6, 6.07) is 14.1. The molecule has 0 atom stereocenters. The van der Waals surface area contributed by atoms with E-state index in [0.717, 1.165) is 22.0 Å². The van der Waals surface area contributed by atoms with Crippen LogP contribution in [0.3, 0.4) is 0 Å². The van der Waals surface area contributed by atoms with Crippen molar-refractivity contribution in [2.24, 2.45) is 0 Å². The summed E-state index contributed by atoms with van der Waals surface area (Å²) in [5, 5.41) is 8.24. The average molecular weight is 359 g/mol. The van der Waals surface area contributed by atoms with Crippen molar-refractivity contribution < 1.29 is 4.79 Å². The molecule has 2 N–H and O–H groups in total. The fraction of sp³-hybridized carbons (Fsp3) is 0.190. The summed E-state index contributed by atoms with van der Waals surface area (Å²) in [4.78, 5) is 19.8. The third kappa shape index (κ3) is 3.60. The van der Waals surface area contributed by atoms with Gasteiger partial charge in [0.25, 0.3) is 5.91 Å². The lowest BCUT2D eigenvalue weighted by molar-refractivity contribution is 0.0946. The molecule has 0 aliphatic rings. The summed E-state index contributed by atoms with van der Waals surface area (Å²) in [6.07, 6.45) is 3.20. The number of nitrogens with one attached hydrogen (secondary N) is 2. The molecule has 4 aromatic rings. The Morgan fingerprint density at radius 3 is 2.74 bits per heavy atom. The highest BCUT2D eigenvalue weighted by atomic mass is 16.1. The summed E-state index contributed by atoms with van der Waals surface area (Å²) in [6.45, 7) is 5.19. The molecule has 0 aliphatic heterocycles. The van der Waals surface area contributed by atoms with Crippen LogP contribution in [0.5, 0.6) is 0 Å². The number of nitrogens with zero attached hydrogens (tertiary/aromatic N) is 3. The normalized spacial score (nSPS) is 11.0. The van der Waals surface area contributed by atoms with Crippen molar-refractivity contribution in [3.8, 4) is 0 Å². The van der Waals surface area contributed by atoms with Crippen LogP contribution in [-0.2, 0) is 13.1 Å². The van der Waals surface area contributed by atoms with Crippen LogP contribution in [0, 0.1) is 13.8 Å². The number of fused-ring (bicyclic) bond motifs is 1. The molecule has 0 spiro atoms. The van der Waals surface area contributed by atoms with Crippen molar-refractivity contribution in [3.05, 3.63) is 83.1 Å². The minimum absolute atomic E-state index is 0.112. The number of hydrogen-bond acceptors (Lipinski definition) is 3. The fourth-order valence-electron chi connectivity index (χ4n) is 3.37. The predicted octanol–water partition coefficient (Wildman–Crippen LogP) is 3.35. The van der Waals surface area contributed by atoms with Crippen LogP contribution in [-0.4, -0.2) is 25.7 Å². The molecule has 1 amide bonds. The topological polar surface area (TPSA) is 75.6 Å². The van der Waals surface area contributed by atoms with Gasteiger partial charge in [0.05, 0.1) is 6.54 Å². The number of amides is 1. The van der Waals surface area contributed by atoms with Crippen molar-refractivity contribution in [1.82, 2.24) is 25.1 Å². The highest BCUT2D eigenvalue weighted by Crippen LogP contribution is 2.21. The Balaban J connectivity index is 1.51. The van der Waals surface area contributed by atoms with E-state index in [1.165, 1.54) is 17.5 Å². The number of aromatic nitrogens is 4. The number of hydrogen-bond donors (Lipinski definition) is 2. The molecule has 2 aromatic heterocycles. The number of rotatable bonds is 5. The zero-order chi connectivity index (χ0) is 18.8. The van der Waals surface area contributed by atoms with Gasteiger partial charge in [-0.05, 0) is 48.2 Å². The number of benzene rings is 2. The number of aromatic amines is 1. The third-order valence-electron chi connectivity index (χ3n) is 4.69. The molecular weight excluding hydrogens is 338 g/mol. The maximum atomic E-state index is 12.6. The quantitative estimate of drug-likeness (QED) is 0.574. The van der Waals surface area contributed by atoms with E-state index in [4.69, 9.17) is 0 Å². The Morgan fingerprint density at radius 2 is 1.96 bits per heavy atom. The first-order valence-corrected chi connectivity index (χ1v) is 8.87. The SMILES string of the molecule is Cc1cc(C)c2cc(C(=O)NCc3ccccc3Cn3cncn3)[nH]c2c1. The second kappa shape index (κ2) is 7.07. The Morgan fingerprint density at radius 1 is 1.15 bits per heavy atom. The summed E-state index contributed by atoms with van der Waals surface area (Å²) in [7, 11) is 0. The van der Waals surface area contributed by atoms with Crippen LogP contribution in [0.25, 0.3) is 10.9 Å². The van der Waals surface area contributed by atoms with Gasteiger partial charge in [0.15, 0.2) is 0 Å². The van der Waals surface area contributed by atoms with Gasteiger partial charge < -0.3 is 10.3 Å². The van der Waals surface area contributed by atoms with Crippen LogP contribution < -0.4 is 5.32 Å². The molecule has 2 heterocycles. The molecule has 0 saturated heterocycles. The molecule has 136 valence electrons. The maximum absolute atomic E-state index is 12.6. The Labute approximate surface area is 157 Å². The standard InChI is InChI=1S/C21H21N5O/c1-14-7-15(2)18-9-20(25-19(18)8-14)21(27)23-10-16-5-3-4-6-17(16)11-26-13-22-12-24-26/h3-9,12-13,25H,10-11H2,1-2H3,(H,23,27). The molecule has 0 radical (unpaired) electrons. The third-order valence-corrected chi connectivity index (χ3v) is 4.69. The van der Waals surface area contributed by atoms with Gasteiger partial charge in [0, 0.05) is 17.4 Å². The van der Waals surface area contributed by atoms with E-state index in [1.807, 2.05) is 30.3 Å². The summed E-state index contributed by atoms with van der Waals surface area (Å²) in [5.41, 5.74) is 6.07. The lowest BCUT2D eigenvalue weighted by Crippen LogP contribution is -2.24. The predicted molar refractivity (Wildman–Crippen MR) is 105 cm³/mol. The molecule has 4 rings (SSSR count). The molecule has 27 heavy (non-hydrogen) atoms. The average Bonchev–Trinajstić information content (AvgIpc) is 3.30. The smallest absolute Gasteiger partial charge is 0.267 e. The zero-order valence-electron chi connectivity index (χ0n) is 15.4. The molecule has 0 fully saturated rings. The molecule has 6 nitrogen and oxygen atoms in total. The summed E-state index contributed by atoms with van der Waals surface area (Å²) in [5.74, 6) is -0.112. The van der Waals surface area contributed by atoms with Crippen LogP contribution in [0.15, 0.2) is 55.1 Å². The monoisotopic (exact) mass is 359 g/mol. The molecule has 2 aromatic carbocycles. The van der Waals surface area contributed by atoms with Crippen LogP contribution >= 0.6 is 0 Å². The van der Waals surface area contributed by atoms with E-state index in [9.17, 15) is 4.79 Å². The van der Waals surface area contributed by atoms with Crippen molar-refractivity contribution in [2.45, 2.75) is 26.9 Å². The summed E-state index contributed by atoms with van der Waals surface area (Å²) >= 11 is 0. The number of carbonyl (C=O) groups excluding carboxylic acids is 1. The van der Waals surface area contributed by atoms with Gasteiger partial charge in [-0.2, -0.15) is 5.10 Å². The van der Waals surface area contributed by atoms with E-state index in [-0.39, 0.29) is 5.91 Å². The number of aryl methyl sites for hydroxylation is 2. The van der Waals surface area contributed by atoms with E-state index in [1.54, 1.807) is 11.0 Å². The number of H-pyrrole nitrogens is 1. The Bertz CT molecular complexity index is 1100. The molecule has 0 aliphatic carbocycles. The van der Waals surface area contributed by atoms with Crippen molar-refractivity contribution in [1.29, 1.82) is 0 Å². The molecule has 0 saturated carbocycles. The van der Waals surface area contributed by atoms with E-state index >= 15 is 0 Å². The van der Waals surface area contributed by atoms with E-state index < -0.39 is 0 Å². The second-order valence-electron chi connectivity index (χ2n) is 6.77. The van der Waals surface area contributed by atoms with E-state index in [0.29, 0.717) is 18.8 Å². The van der Waals surface area contributed by atoms with Gasteiger partial charge in [0.2, 0.25) is 0 Å². The van der Waals surface area contributed by atoms with E-state index in [2.05, 4.69) is 46.4 Å². The van der Waals surface area contributed by atoms with Gasteiger partial charge in [0.1, 0.15) is 18.3 Å². The van der Waals surface area contributed by atoms with Gasteiger partial charge in [-0.1, -0.05) is 30.3 Å². The second-order valence-corrected chi connectivity index (χ2v) is 6.77. The Kier molecular flexibility index (Phi) is 4.46. The van der Waals surface area contributed by atoms with Crippen LogP contribution in [0.1, 0.15) is 32.7 Å². The van der Waals surface area contributed by atoms with Crippen molar-refractivity contribution >= 4 is 16.8 Å². The lowest BCUT2D eigenvalue weighted by Gasteiger charge is -2.10. The van der Waals surface area contributed by atoms with Crippen LogP contribution in [0.2, 0.25) is 0 Å². The Hall–Kier alpha value is -3.41. The van der Waals surface area contributed by atoms with Gasteiger partial charge >= 0.3 is 0 Å². The molecule has 0 bridgehead atoms. The summed E-state index contributed by atoms with van der Waals surface area (Å²) < 4.78 is 1.77.